The average molecular weight is 199 g/mol. The predicted octanol–water partition coefficient (Wildman–Crippen LogP) is 1.88. The van der Waals surface area contributed by atoms with Crippen LogP contribution in [-0.4, -0.2) is 23.7 Å². The molecule has 0 amide bonds. The number of carboxylic acids is 1. The lowest BCUT2D eigenvalue weighted by molar-refractivity contribution is -0.140. The Morgan fingerprint density at radius 3 is 2.57 bits per heavy atom. The molecular formula is C11H21NO2. The number of nitrogens with one attached hydrogen (secondary N) is 1. The molecule has 1 rings (SSSR count). The van der Waals surface area contributed by atoms with Crippen LogP contribution in [0.2, 0.25) is 0 Å². The van der Waals surface area contributed by atoms with Gasteiger partial charge in [-0.15, -0.1) is 0 Å². The Morgan fingerprint density at radius 2 is 2.14 bits per heavy atom. The van der Waals surface area contributed by atoms with Crippen LogP contribution in [0.3, 0.4) is 0 Å². The van der Waals surface area contributed by atoms with Crippen molar-refractivity contribution in [2.45, 2.75) is 45.6 Å². The van der Waals surface area contributed by atoms with E-state index in [9.17, 15) is 4.79 Å². The molecule has 0 spiro atoms. The van der Waals surface area contributed by atoms with Crippen LogP contribution in [0, 0.1) is 11.8 Å². The average Bonchev–Trinajstić information content (AvgIpc) is 2.86. The second-order valence-electron chi connectivity index (χ2n) is 4.60. The molecule has 0 radical (unpaired) electrons. The smallest absolute Gasteiger partial charge is 0.320 e. The fourth-order valence-electron chi connectivity index (χ4n) is 1.66. The summed E-state index contributed by atoms with van der Waals surface area (Å²) in [5, 5.41) is 12.0. The summed E-state index contributed by atoms with van der Waals surface area (Å²) in [4.78, 5) is 10.8. The largest absolute Gasteiger partial charge is 0.480 e. The van der Waals surface area contributed by atoms with Crippen molar-refractivity contribution in [1.82, 2.24) is 5.32 Å². The third-order valence-electron chi connectivity index (χ3n) is 2.78. The van der Waals surface area contributed by atoms with Crippen LogP contribution >= 0.6 is 0 Å². The summed E-state index contributed by atoms with van der Waals surface area (Å²) < 4.78 is 0. The molecule has 0 bridgehead atoms. The van der Waals surface area contributed by atoms with Gasteiger partial charge >= 0.3 is 5.97 Å². The molecule has 0 heterocycles. The van der Waals surface area contributed by atoms with Crippen molar-refractivity contribution in [3.63, 3.8) is 0 Å². The van der Waals surface area contributed by atoms with E-state index in [0.29, 0.717) is 0 Å². The Morgan fingerprint density at radius 1 is 1.50 bits per heavy atom. The fourth-order valence-corrected chi connectivity index (χ4v) is 1.66. The van der Waals surface area contributed by atoms with Crippen molar-refractivity contribution in [2.24, 2.45) is 11.8 Å². The van der Waals surface area contributed by atoms with Gasteiger partial charge < -0.3 is 10.4 Å². The zero-order valence-corrected chi connectivity index (χ0v) is 9.12. The van der Waals surface area contributed by atoms with Crippen molar-refractivity contribution < 1.29 is 9.90 Å². The van der Waals surface area contributed by atoms with Crippen LogP contribution in [-0.2, 0) is 4.79 Å². The van der Waals surface area contributed by atoms with Crippen LogP contribution in [0.4, 0.5) is 0 Å². The van der Waals surface area contributed by atoms with Crippen molar-refractivity contribution in [2.75, 3.05) is 6.54 Å². The normalized spacial score (nSPS) is 18.5. The first kappa shape index (κ1) is 11.5. The molecule has 1 aliphatic rings. The number of carbonyl (C=O) groups is 1. The molecule has 3 nitrogen and oxygen atoms in total. The van der Waals surface area contributed by atoms with E-state index in [-0.39, 0.29) is 12.0 Å². The molecule has 1 fully saturated rings. The first-order valence-electron chi connectivity index (χ1n) is 5.57. The molecule has 1 saturated carbocycles. The maximum Gasteiger partial charge on any atom is 0.320 e. The topological polar surface area (TPSA) is 49.3 Å². The van der Waals surface area contributed by atoms with E-state index >= 15 is 0 Å². The number of hydrogen-bond donors (Lipinski definition) is 2. The third-order valence-corrected chi connectivity index (χ3v) is 2.78. The van der Waals surface area contributed by atoms with Crippen LogP contribution < -0.4 is 5.32 Å². The summed E-state index contributed by atoms with van der Waals surface area (Å²) >= 11 is 0. The van der Waals surface area contributed by atoms with Crippen LogP contribution in [0.1, 0.15) is 39.5 Å². The zero-order chi connectivity index (χ0) is 10.6. The van der Waals surface area contributed by atoms with E-state index in [1.807, 2.05) is 13.8 Å². The molecule has 1 unspecified atom stereocenters. The highest BCUT2D eigenvalue weighted by Crippen LogP contribution is 2.33. The van der Waals surface area contributed by atoms with Gasteiger partial charge in [0.15, 0.2) is 0 Å². The molecule has 0 aromatic heterocycles. The molecule has 0 aromatic rings. The van der Waals surface area contributed by atoms with Gasteiger partial charge in [0.05, 0.1) is 0 Å². The Balaban J connectivity index is 2.08. The highest BCUT2D eigenvalue weighted by atomic mass is 16.4. The van der Waals surface area contributed by atoms with Crippen molar-refractivity contribution in [3.05, 3.63) is 0 Å². The molecule has 82 valence electrons. The molecule has 2 N–H and O–H groups in total. The number of carboxylic acid groups (broad SMARTS) is 1. The maximum absolute atomic E-state index is 10.8. The second-order valence-corrected chi connectivity index (χ2v) is 4.60. The van der Waals surface area contributed by atoms with Gasteiger partial charge in [0.25, 0.3) is 0 Å². The standard InChI is InChI=1S/C11H21NO2/c1-8(2)10(11(13)14)12-7-3-4-9-5-6-9/h8-10,12H,3-7H2,1-2H3,(H,13,14). The Kier molecular flexibility index (Phi) is 4.39. The van der Waals surface area contributed by atoms with Gasteiger partial charge in [-0.1, -0.05) is 26.7 Å². The summed E-state index contributed by atoms with van der Waals surface area (Å²) in [5.41, 5.74) is 0. The first-order chi connectivity index (χ1) is 6.61. The summed E-state index contributed by atoms with van der Waals surface area (Å²) in [6.07, 6.45) is 5.14. The summed E-state index contributed by atoms with van der Waals surface area (Å²) in [7, 11) is 0. The van der Waals surface area contributed by atoms with Gasteiger partial charge in [-0.2, -0.15) is 0 Å². The third kappa shape index (κ3) is 4.09. The lowest BCUT2D eigenvalue weighted by atomic mass is 10.0. The Hall–Kier alpha value is -0.570. The van der Waals surface area contributed by atoms with Gasteiger partial charge in [0.1, 0.15) is 6.04 Å². The summed E-state index contributed by atoms with van der Waals surface area (Å²) in [6, 6.07) is -0.380. The molecule has 1 aliphatic carbocycles. The van der Waals surface area contributed by atoms with E-state index in [1.54, 1.807) is 0 Å². The highest BCUT2D eigenvalue weighted by molar-refractivity contribution is 5.73. The lowest BCUT2D eigenvalue weighted by Gasteiger charge is -2.17. The fraction of sp³-hybridized carbons (Fsp3) is 0.909. The summed E-state index contributed by atoms with van der Waals surface area (Å²) in [6.45, 7) is 4.71. The lowest BCUT2D eigenvalue weighted by Crippen LogP contribution is -2.41. The van der Waals surface area contributed by atoms with Gasteiger partial charge in [0, 0.05) is 0 Å². The first-order valence-corrected chi connectivity index (χ1v) is 5.57. The van der Waals surface area contributed by atoms with Gasteiger partial charge in [-0.25, -0.2) is 0 Å². The van der Waals surface area contributed by atoms with Crippen LogP contribution in [0.15, 0.2) is 0 Å². The van der Waals surface area contributed by atoms with Crippen molar-refractivity contribution >= 4 is 5.97 Å². The number of aliphatic carboxylic acids is 1. The van der Waals surface area contributed by atoms with Gasteiger partial charge in [-0.05, 0) is 31.2 Å². The molecule has 14 heavy (non-hydrogen) atoms. The minimum absolute atomic E-state index is 0.161. The number of rotatable bonds is 7. The minimum Gasteiger partial charge on any atom is -0.480 e. The van der Waals surface area contributed by atoms with E-state index in [2.05, 4.69) is 5.32 Å². The molecular weight excluding hydrogens is 178 g/mol. The van der Waals surface area contributed by atoms with Crippen LogP contribution in [0.5, 0.6) is 0 Å². The second kappa shape index (κ2) is 5.35. The SMILES string of the molecule is CC(C)C(NCCCC1CC1)C(=O)O. The predicted molar refractivity (Wildman–Crippen MR) is 56.2 cm³/mol. The highest BCUT2D eigenvalue weighted by Gasteiger charge is 2.22. The maximum atomic E-state index is 10.8. The Bertz CT molecular complexity index is 188. The van der Waals surface area contributed by atoms with E-state index in [4.69, 9.17) is 5.11 Å². The van der Waals surface area contributed by atoms with Gasteiger partial charge in [0.2, 0.25) is 0 Å². The number of hydrogen-bond acceptors (Lipinski definition) is 2. The van der Waals surface area contributed by atoms with E-state index in [1.165, 1.54) is 19.3 Å². The van der Waals surface area contributed by atoms with Crippen LogP contribution in [0.25, 0.3) is 0 Å². The van der Waals surface area contributed by atoms with Crippen molar-refractivity contribution in [3.8, 4) is 0 Å². The van der Waals surface area contributed by atoms with E-state index < -0.39 is 5.97 Å². The monoisotopic (exact) mass is 199 g/mol. The molecule has 0 aromatic carbocycles. The molecule has 1 atom stereocenters. The molecule has 0 aliphatic heterocycles. The molecule has 3 heteroatoms. The minimum atomic E-state index is -0.730. The zero-order valence-electron chi connectivity index (χ0n) is 9.12. The quantitative estimate of drug-likeness (QED) is 0.615. The van der Waals surface area contributed by atoms with E-state index in [0.717, 1.165) is 18.9 Å². The summed E-state index contributed by atoms with van der Waals surface area (Å²) in [5.74, 6) is 0.374. The van der Waals surface area contributed by atoms with Crippen molar-refractivity contribution in [1.29, 1.82) is 0 Å². The molecule has 0 saturated heterocycles. The van der Waals surface area contributed by atoms with Gasteiger partial charge in [-0.3, -0.25) is 4.79 Å². The Labute approximate surface area is 85.9 Å².